The monoisotopic (exact) mass is 111 g/mol. The fourth-order valence-electron chi connectivity index (χ4n) is 1.96. The summed E-state index contributed by atoms with van der Waals surface area (Å²) in [5.41, 5.74) is 5.82. The van der Waals surface area contributed by atoms with E-state index in [1.54, 1.807) is 0 Å². The minimum absolute atomic E-state index is 0.578. The van der Waals surface area contributed by atoms with E-state index in [9.17, 15) is 0 Å². The smallest absolute Gasteiger partial charge is 0.00699 e. The van der Waals surface area contributed by atoms with Gasteiger partial charge in [-0.1, -0.05) is 12.8 Å². The minimum Gasteiger partial charge on any atom is -0.327 e. The Morgan fingerprint density at radius 2 is 2.12 bits per heavy atom. The largest absolute Gasteiger partial charge is 0.327 e. The highest BCUT2D eigenvalue weighted by Crippen LogP contribution is 2.48. The molecule has 3 atom stereocenters. The van der Waals surface area contributed by atoms with Crippen molar-refractivity contribution in [3.05, 3.63) is 0 Å². The number of rotatable bonds is 0. The third kappa shape index (κ3) is 0.576. The molecular formula is C7H13N. The van der Waals surface area contributed by atoms with E-state index < -0.39 is 0 Å². The molecule has 2 aliphatic rings. The first-order valence-corrected chi connectivity index (χ1v) is 3.63. The molecule has 2 N–H and O–H groups in total. The second kappa shape index (κ2) is 1.47. The molecule has 2 fully saturated rings. The van der Waals surface area contributed by atoms with Crippen LogP contribution in [0.2, 0.25) is 0 Å². The van der Waals surface area contributed by atoms with Gasteiger partial charge in [0.15, 0.2) is 0 Å². The lowest BCUT2D eigenvalue weighted by atomic mass is 9.96. The van der Waals surface area contributed by atoms with E-state index >= 15 is 0 Å². The fraction of sp³-hybridized carbons (Fsp3) is 1.00. The van der Waals surface area contributed by atoms with Gasteiger partial charge in [0.2, 0.25) is 0 Å². The van der Waals surface area contributed by atoms with Gasteiger partial charge >= 0.3 is 0 Å². The Kier molecular flexibility index (Phi) is 0.884. The first-order valence-electron chi connectivity index (χ1n) is 3.63. The Morgan fingerprint density at radius 3 is 2.75 bits per heavy atom. The van der Waals surface area contributed by atoms with Crippen molar-refractivity contribution in [1.29, 1.82) is 0 Å². The van der Waals surface area contributed by atoms with E-state index in [2.05, 4.69) is 0 Å². The summed E-state index contributed by atoms with van der Waals surface area (Å²) in [6.45, 7) is 0. The molecule has 2 aliphatic carbocycles. The highest BCUT2D eigenvalue weighted by molar-refractivity contribution is 4.96. The molecule has 0 aromatic rings. The summed E-state index contributed by atoms with van der Waals surface area (Å²) in [5.74, 6) is 2.00. The molecular weight excluding hydrogens is 98.1 g/mol. The standard InChI is InChI=1S/C7H13N/c8-7-3-1-2-5-4-6(5)7/h5-7H,1-4,8H2/t5-,6+,7+/m0/s1. The summed E-state index contributed by atoms with van der Waals surface area (Å²) in [4.78, 5) is 0. The highest BCUT2D eigenvalue weighted by atomic mass is 14.7. The molecule has 46 valence electrons. The third-order valence-electron chi connectivity index (χ3n) is 2.64. The van der Waals surface area contributed by atoms with E-state index in [1.807, 2.05) is 0 Å². The van der Waals surface area contributed by atoms with Crippen LogP contribution in [0.15, 0.2) is 0 Å². The molecule has 1 heteroatoms. The Bertz CT molecular complexity index is 101. The first-order chi connectivity index (χ1) is 3.88. The normalized spacial score (nSPS) is 52.9. The second-order valence-corrected chi connectivity index (χ2v) is 3.25. The topological polar surface area (TPSA) is 26.0 Å². The van der Waals surface area contributed by atoms with E-state index in [-0.39, 0.29) is 0 Å². The SMILES string of the molecule is N[C@@H]1CCC[C@H]2C[C@H]21. The average molecular weight is 111 g/mol. The molecule has 0 bridgehead atoms. The maximum atomic E-state index is 5.82. The lowest BCUT2D eigenvalue weighted by Crippen LogP contribution is -2.25. The summed E-state index contributed by atoms with van der Waals surface area (Å²) >= 11 is 0. The van der Waals surface area contributed by atoms with Crippen molar-refractivity contribution >= 4 is 0 Å². The molecule has 8 heavy (non-hydrogen) atoms. The zero-order valence-electron chi connectivity index (χ0n) is 5.14. The predicted octanol–water partition coefficient (Wildman–Crippen LogP) is 1.13. The molecule has 0 aromatic heterocycles. The molecule has 0 heterocycles. The van der Waals surface area contributed by atoms with Crippen molar-refractivity contribution in [1.82, 2.24) is 0 Å². The van der Waals surface area contributed by atoms with Crippen LogP contribution in [-0.4, -0.2) is 6.04 Å². The maximum Gasteiger partial charge on any atom is 0.00699 e. The Morgan fingerprint density at radius 1 is 1.25 bits per heavy atom. The Labute approximate surface area is 50.3 Å². The van der Waals surface area contributed by atoms with Crippen LogP contribution < -0.4 is 5.73 Å². The van der Waals surface area contributed by atoms with Crippen molar-refractivity contribution in [3.63, 3.8) is 0 Å². The van der Waals surface area contributed by atoms with Crippen LogP contribution in [0.4, 0.5) is 0 Å². The number of hydrogen-bond acceptors (Lipinski definition) is 1. The zero-order valence-corrected chi connectivity index (χ0v) is 5.14. The van der Waals surface area contributed by atoms with Gasteiger partial charge < -0.3 is 5.73 Å². The van der Waals surface area contributed by atoms with Gasteiger partial charge in [-0.3, -0.25) is 0 Å². The van der Waals surface area contributed by atoms with Crippen LogP contribution in [0, 0.1) is 11.8 Å². The van der Waals surface area contributed by atoms with E-state index in [0.717, 1.165) is 11.8 Å². The highest BCUT2D eigenvalue weighted by Gasteiger charge is 2.43. The van der Waals surface area contributed by atoms with Crippen molar-refractivity contribution < 1.29 is 0 Å². The zero-order chi connectivity index (χ0) is 5.56. The Hall–Kier alpha value is -0.0400. The summed E-state index contributed by atoms with van der Waals surface area (Å²) in [6, 6.07) is 0.578. The lowest BCUT2D eigenvalue weighted by Gasteiger charge is -2.15. The Balaban J connectivity index is 1.99. The summed E-state index contributed by atoms with van der Waals surface area (Å²) in [5, 5.41) is 0. The van der Waals surface area contributed by atoms with E-state index in [0.29, 0.717) is 6.04 Å². The van der Waals surface area contributed by atoms with E-state index in [4.69, 9.17) is 5.73 Å². The average Bonchev–Trinajstić information content (AvgIpc) is 2.45. The van der Waals surface area contributed by atoms with Gasteiger partial charge in [0.25, 0.3) is 0 Å². The number of hydrogen-bond donors (Lipinski definition) is 1. The molecule has 0 radical (unpaired) electrons. The molecule has 2 saturated carbocycles. The third-order valence-corrected chi connectivity index (χ3v) is 2.64. The fourth-order valence-corrected chi connectivity index (χ4v) is 1.96. The van der Waals surface area contributed by atoms with Crippen LogP contribution >= 0.6 is 0 Å². The van der Waals surface area contributed by atoms with Crippen molar-refractivity contribution in [2.24, 2.45) is 17.6 Å². The molecule has 0 unspecified atom stereocenters. The van der Waals surface area contributed by atoms with Crippen LogP contribution in [0.5, 0.6) is 0 Å². The van der Waals surface area contributed by atoms with Crippen LogP contribution in [0.25, 0.3) is 0 Å². The van der Waals surface area contributed by atoms with Gasteiger partial charge in [-0.15, -0.1) is 0 Å². The van der Waals surface area contributed by atoms with Crippen LogP contribution in [-0.2, 0) is 0 Å². The summed E-state index contributed by atoms with van der Waals surface area (Å²) in [6.07, 6.45) is 5.60. The van der Waals surface area contributed by atoms with Crippen molar-refractivity contribution in [2.45, 2.75) is 31.7 Å². The van der Waals surface area contributed by atoms with Crippen molar-refractivity contribution in [2.75, 3.05) is 0 Å². The predicted molar refractivity (Wildman–Crippen MR) is 33.4 cm³/mol. The summed E-state index contributed by atoms with van der Waals surface area (Å²) in [7, 11) is 0. The van der Waals surface area contributed by atoms with Gasteiger partial charge in [-0.05, 0) is 24.7 Å². The van der Waals surface area contributed by atoms with Crippen LogP contribution in [0.1, 0.15) is 25.7 Å². The molecule has 0 aromatic carbocycles. The molecule has 0 aliphatic heterocycles. The molecule has 2 rings (SSSR count). The van der Waals surface area contributed by atoms with Gasteiger partial charge in [0, 0.05) is 6.04 Å². The molecule has 0 amide bonds. The first kappa shape index (κ1) is 4.80. The van der Waals surface area contributed by atoms with Gasteiger partial charge in [-0.25, -0.2) is 0 Å². The van der Waals surface area contributed by atoms with Crippen LogP contribution in [0.3, 0.4) is 0 Å². The molecule has 0 saturated heterocycles. The number of nitrogens with two attached hydrogens (primary N) is 1. The maximum absolute atomic E-state index is 5.82. The molecule has 1 nitrogen and oxygen atoms in total. The van der Waals surface area contributed by atoms with E-state index in [1.165, 1.54) is 25.7 Å². The second-order valence-electron chi connectivity index (χ2n) is 3.25. The van der Waals surface area contributed by atoms with Crippen molar-refractivity contribution in [3.8, 4) is 0 Å². The summed E-state index contributed by atoms with van der Waals surface area (Å²) < 4.78 is 0. The molecule has 0 spiro atoms. The van der Waals surface area contributed by atoms with Gasteiger partial charge in [-0.2, -0.15) is 0 Å². The number of fused-ring (bicyclic) bond motifs is 1. The lowest BCUT2D eigenvalue weighted by molar-refractivity contribution is 0.419. The van der Waals surface area contributed by atoms with Gasteiger partial charge in [0.1, 0.15) is 0 Å². The quantitative estimate of drug-likeness (QED) is 0.498. The van der Waals surface area contributed by atoms with Gasteiger partial charge in [0.05, 0.1) is 0 Å². The minimum atomic E-state index is 0.578.